The summed E-state index contributed by atoms with van der Waals surface area (Å²) in [5.41, 5.74) is 2.96. The summed E-state index contributed by atoms with van der Waals surface area (Å²) >= 11 is 13.9. The largest absolute Gasteiger partial charge is 0.352 e. The molecule has 0 aromatic heterocycles. The molecule has 0 heterocycles. The number of rotatable bonds is 10. The Hall–Kier alpha value is -1.69. The molecule has 0 saturated heterocycles. The third-order valence-corrected chi connectivity index (χ3v) is 6.48. The van der Waals surface area contributed by atoms with Crippen molar-refractivity contribution in [2.45, 2.75) is 58.5 Å². The van der Waals surface area contributed by atoms with Crippen molar-refractivity contribution in [1.82, 2.24) is 10.2 Å². The van der Waals surface area contributed by atoms with Crippen molar-refractivity contribution in [3.05, 3.63) is 69.2 Å². The summed E-state index contributed by atoms with van der Waals surface area (Å²) < 4.78 is 0. The van der Waals surface area contributed by atoms with Gasteiger partial charge in [0.25, 0.3) is 0 Å². The molecule has 0 radical (unpaired) electrons. The predicted octanol–water partition coefficient (Wildman–Crippen LogP) is 5.87. The number of hydrogen-bond acceptors (Lipinski definition) is 3. The Kier molecular flexibility index (Phi) is 10.2. The van der Waals surface area contributed by atoms with E-state index in [-0.39, 0.29) is 23.6 Å². The minimum absolute atomic E-state index is 0.00890. The molecule has 31 heavy (non-hydrogen) atoms. The molecule has 2 aromatic rings. The van der Waals surface area contributed by atoms with Crippen LogP contribution in [-0.4, -0.2) is 34.6 Å². The van der Waals surface area contributed by atoms with Crippen molar-refractivity contribution in [1.29, 1.82) is 0 Å². The van der Waals surface area contributed by atoms with Crippen LogP contribution >= 0.6 is 35.0 Å². The molecule has 0 saturated carbocycles. The summed E-state index contributed by atoms with van der Waals surface area (Å²) in [6.07, 6.45) is 0.539. The predicted molar refractivity (Wildman–Crippen MR) is 132 cm³/mol. The lowest BCUT2D eigenvalue weighted by atomic mass is 10.1. The van der Waals surface area contributed by atoms with Gasteiger partial charge in [0.15, 0.2) is 0 Å². The second-order valence-corrected chi connectivity index (χ2v) is 9.59. The van der Waals surface area contributed by atoms with E-state index < -0.39 is 6.04 Å². The van der Waals surface area contributed by atoms with Crippen LogP contribution in [0.2, 0.25) is 10.0 Å². The highest BCUT2D eigenvalue weighted by Crippen LogP contribution is 2.28. The molecule has 7 heteroatoms. The van der Waals surface area contributed by atoms with Crippen LogP contribution in [-0.2, 0) is 21.9 Å². The second kappa shape index (κ2) is 12.4. The molecule has 1 atom stereocenters. The highest BCUT2D eigenvalue weighted by Gasteiger charge is 2.28. The SMILES string of the molecule is CC[C@H](C(=O)NC(C)C)N(Cc1ccc(C)cc1)C(=O)CSCc1c(Cl)cccc1Cl. The van der Waals surface area contributed by atoms with Gasteiger partial charge in [-0.05, 0) is 50.5 Å². The molecule has 168 valence electrons. The first-order valence-electron chi connectivity index (χ1n) is 10.4. The molecule has 0 aliphatic rings. The Morgan fingerprint density at radius 3 is 2.23 bits per heavy atom. The summed E-state index contributed by atoms with van der Waals surface area (Å²) in [6.45, 7) is 8.17. The average molecular weight is 481 g/mol. The minimum Gasteiger partial charge on any atom is -0.352 e. The molecule has 0 unspecified atom stereocenters. The quantitative estimate of drug-likeness (QED) is 0.462. The minimum atomic E-state index is -0.527. The van der Waals surface area contributed by atoms with Crippen molar-refractivity contribution < 1.29 is 9.59 Å². The molecule has 0 fully saturated rings. The highest BCUT2D eigenvalue weighted by atomic mass is 35.5. The Morgan fingerprint density at radius 2 is 1.68 bits per heavy atom. The van der Waals surface area contributed by atoms with Gasteiger partial charge in [0.1, 0.15) is 6.04 Å². The van der Waals surface area contributed by atoms with E-state index in [0.29, 0.717) is 28.8 Å². The fourth-order valence-electron chi connectivity index (χ4n) is 3.18. The molecular formula is C24H30Cl2N2O2S. The maximum atomic E-state index is 13.2. The van der Waals surface area contributed by atoms with E-state index in [1.165, 1.54) is 11.8 Å². The van der Waals surface area contributed by atoms with Crippen molar-refractivity contribution >= 4 is 46.8 Å². The first-order valence-corrected chi connectivity index (χ1v) is 12.3. The molecule has 4 nitrogen and oxygen atoms in total. The highest BCUT2D eigenvalue weighted by molar-refractivity contribution is 7.99. The number of carbonyl (C=O) groups excluding carboxylic acids is 2. The van der Waals surface area contributed by atoms with E-state index >= 15 is 0 Å². The van der Waals surface area contributed by atoms with E-state index in [1.807, 2.05) is 52.0 Å². The molecule has 2 amide bonds. The van der Waals surface area contributed by atoms with Crippen molar-refractivity contribution in [2.75, 3.05) is 5.75 Å². The number of carbonyl (C=O) groups is 2. The number of hydrogen-bond donors (Lipinski definition) is 1. The van der Waals surface area contributed by atoms with Gasteiger partial charge in [-0.3, -0.25) is 9.59 Å². The zero-order valence-electron chi connectivity index (χ0n) is 18.5. The van der Waals surface area contributed by atoms with Crippen LogP contribution in [0.3, 0.4) is 0 Å². The Morgan fingerprint density at radius 1 is 1.06 bits per heavy atom. The van der Waals surface area contributed by atoms with Crippen molar-refractivity contribution in [3.8, 4) is 0 Å². The molecule has 0 bridgehead atoms. The first-order chi connectivity index (χ1) is 14.7. The molecule has 0 spiro atoms. The molecule has 2 rings (SSSR count). The van der Waals surface area contributed by atoms with Gasteiger partial charge in [-0.15, -0.1) is 11.8 Å². The third kappa shape index (κ3) is 7.74. The fourth-order valence-corrected chi connectivity index (χ4v) is 4.83. The molecule has 0 aliphatic carbocycles. The van der Waals surface area contributed by atoms with E-state index in [2.05, 4.69) is 5.32 Å². The molecule has 0 aliphatic heterocycles. The van der Waals surface area contributed by atoms with Gasteiger partial charge in [-0.1, -0.05) is 66.0 Å². The lowest BCUT2D eigenvalue weighted by Gasteiger charge is -2.31. The maximum Gasteiger partial charge on any atom is 0.243 e. The van der Waals surface area contributed by atoms with Gasteiger partial charge in [-0.25, -0.2) is 0 Å². The smallest absolute Gasteiger partial charge is 0.243 e. The van der Waals surface area contributed by atoms with E-state index in [0.717, 1.165) is 16.7 Å². The summed E-state index contributed by atoms with van der Waals surface area (Å²) in [6, 6.07) is 12.9. The van der Waals surface area contributed by atoms with E-state index in [1.54, 1.807) is 23.1 Å². The lowest BCUT2D eigenvalue weighted by molar-refractivity contribution is -0.139. The van der Waals surface area contributed by atoms with Gasteiger partial charge in [-0.2, -0.15) is 0 Å². The third-order valence-electron chi connectivity index (χ3n) is 4.82. The fraction of sp³-hybridized carbons (Fsp3) is 0.417. The van der Waals surface area contributed by atoms with Crippen LogP contribution in [0.5, 0.6) is 0 Å². The molecular weight excluding hydrogens is 451 g/mol. The van der Waals surface area contributed by atoms with Gasteiger partial charge >= 0.3 is 0 Å². The summed E-state index contributed by atoms with van der Waals surface area (Å²) in [7, 11) is 0. The van der Waals surface area contributed by atoms with Crippen molar-refractivity contribution in [3.63, 3.8) is 0 Å². The first kappa shape index (κ1) is 25.6. The average Bonchev–Trinajstić information content (AvgIpc) is 2.70. The number of nitrogens with one attached hydrogen (secondary N) is 1. The lowest BCUT2D eigenvalue weighted by Crippen LogP contribution is -2.50. The van der Waals surface area contributed by atoms with Crippen LogP contribution in [0.25, 0.3) is 0 Å². The number of nitrogens with zero attached hydrogens (tertiary/aromatic N) is 1. The summed E-state index contributed by atoms with van der Waals surface area (Å²) in [5, 5.41) is 4.13. The normalized spacial score (nSPS) is 12.0. The zero-order chi connectivity index (χ0) is 23.0. The number of halogens is 2. The molecule has 1 N–H and O–H groups in total. The number of amides is 2. The van der Waals surface area contributed by atoms with Crippen LogP contribution in [0.15, 0.2) is 42.5 Å². The zero-order valence-corrected chi connectivity index (χ0v) is 20.8. The van der Waals surface area contributed by atoms with Crippen LogP contribution < -0.4 is 5.32 Å². The monoisotopic (exact) mass is 480 g/mol. The Labute approximate surface area is 199 Å². The van der Waals surface area contributed by atoms with Gasteiger partial charge < -0.3 is 10.2 Å². The van der Waals surface area contributed by atoms with E-state index in [4.69, 9.17) is 23.2 Å². The van der Waals surface area contributed by atoms with Crippen molar-refractivity contribution in [2.24, 2.45) is 0 Å². The summed E-state index contributed by atoms with van der Waals surface area (Å²) in [4.78, 5) is 27.7. The maximum absolute atomic E-state index is 13.2. The Balaban J connectivity index is 2.16. The van der Waals surface area contributed by atoms with Gasteiger partial charge in [0, 0.05) is 28.4 Å². The van der Waals surface area contributed by atoms with Crippen LogP contribution in [0.4, 0.5) is 0 Å². The van der Waals surface area contributed by atoms with Gasteiger partial charge in [0.2, 0.25) is 11.8 Å². The topological polar surface area (TPSA) is 49.4 Å². The standard InChI is InChI=1S/C24H30Cl2N2O2S/c1-5-22(24(30)27-16(2)3)28(13-18-11-9-17(4)10-12-18)23(29)15-31-14-19-20(25)7-6-8-21(19)26/h6-12,16,22H,5,13-15H2,1-4H3,(H,27,30)/t22-/m1/s1. The molecule has 2 aromatic carbocycles. The van der Waals surface area contributed by atoms with Crippen LogP contribution in [0, 0.1) is 6.92 Å². The van der Waals surface area contributed by atoms with Gasteiger partial charge in [0.05, 0.1) is 5.75 Å². The summed E-state index contributed by atoms with van der Waals surface area (Å²) in [5.74, 6) is 0.549. The Bertz CT molecular complexity index is 867. The second-order valence-electron chi connectivity index (χ2n) is 7.79. The number of aryl methyl sites for hydroxylation is 1. The van der Waals surface area contributed by atoms with E-state index in [9.17, 15) is 9.59 Å². The van der Waals surface area contributed by atoms with Crippen LogP contribution in [0.1, 0.15) is 43.9 Å². The number of benzene rings is 2. The number of thioether (sulfide) groups is 1.